The van der Waals surface area contributed by atoms with Gasteiger partial charge in [0.15, 0.2) is 0 Å². The number of nitrogens with one attached hydrogen (secondary N) is 1. The Kier molecular flexibility index (Phi) is 8.27. The van der Waals surface area contributed by atoms with Gasteiger partial charge in [-0.15, -0.1) is 0 Å². The molecule has 0 fully saturated rings. The third-order valence-electron chi connectivity index (χ3n) is 6.12. The smallest absolute Gasteiger partial charge is 0.0456 e. The standard InChI is InChI=1S/C18H21N.C13H17N.2H2/c1-5-7-18-13(2)8-6-9-17(18)12-16-10-14(3)19-15(4)11-16;1-4-10-8-14-13-6-5-11(9(2)3)7-12(10)13;;/h5-11H,12H2,1-4H3;5-9,14H,4H2,1-3H3;2*1H/b7-5-;;;. The number of rotatable bonds is 5. The van der Waals surface area contributed by atoms with Gasteiger partial charge >= 0.3 is 0 Å². The van der Waals surface area contributed by atoms with Gasteiger partial charge in [-0.25, -0.2) is 0 Å². The first kappa shape index (κ1) is 24.5. The summed E-state index contributed by atoms with van der Waals surface area (Å²) < 4.78 is 0. The second-order valence-electron chi connectivity index (χ2n) is 9.21. The van der Waals surface area contributed by atoms with Crippen LogP contribution in [0.25, 0.3) is 17.0 Å². The molecule has 2 nitrogen and oxygen atoms in total. The largest absolute Gasteiger partial charge is 0.361 e. The van der Waals surface area contributed by atoms with Crippen LogP contribution < -0.4 is 0 Å². The number of allylic oxidation sites excluding steroid dienone is 1. The lowest BCUT2D eigenvalue weighted by molar-refractivity contribution is 0.868. The lowest BCUT2D eigenvalue weighted by atomic mass is 9.96. The second kappa shape index (κ2) is 11.1. The molecule has 2 aromatic carbocycles. The van der Waals surface area contributed by atoms with Crippen LogP contribution in [0.3, 0.4) is 0 Å². The maximum Gasteiger partial charge on any atom is 0.0456 e. The summed E-state index contributed by atoms with van der Waals surface area (Å²) in [6.45, 7) is 15.0. The van der Waals surface area contributed by atoms with Crippen molar-refractivity contribution in [3.63, 3.8) is 0 Å². The van der Waals surface area contributed by atoms with Gasteiger partial charge in [0.1, 0.15) is 0 Å². The van der Waals surface area contributed by atoms with Crippen LogP contribution in [0.15, 0.2) is 60.8 Å². The Hall–Kier alpha value is -3.13. The molecule has 4 aromatic rings. The van der Waals surface area contributed by atoms with E-state index in [2.05, 4.69) is 125 Å². The number of benzene rings is 2. The number of aromatic nitrogens is 2. The number of H-pyrrole nitrogens is 1. The minimum atomic E-state index is 0. The van der Waals surface area contributed by atoms with Gasteiger partial charge in [-0.1, -0.05) is 57.2 Å². The molecule has 0 saturated heterocycles. The molecule has 0 aliphatic rings. The van der Waals surface area contributed by atoms with Crippen LogP contribution in [0.1, 0.15) is 81.2 Å². The van der Waals surface area contributed by atoms with Crippen molar-refractivity contribution < 1.29 is 2.85 Å². The van der Waals surface area contributed by atoms with E-state index in [9.17, 15) is 0 Å². The van der Waals surface area contributed by atoms with Gasteiger partial charge in [0.05, 0.1) is 0 Å². The molecule has 33 heavy (non-hydrogen) atoms. The fraction of sp³-hybridized carbons (Fsp3) is 0.323. The predicted octanol–water partition coefficient (Wildman–Crippen LogP) is 8.98. The van der Waals surface area contributed by atoms with E-state index in [1.54, 1.807) is 0 Å². The molecule has 0 bridgehead atoms. The molecular formula is C31H42N2. The number of fused-ring (bicyclic) bond motifs is 1. The molecule has 0 saturated carbocycles. The van der Waals surface area contributed by atoms with Crippen molar-refractivity contribution in [1.82, 2.24) is 9.97 Å². The minimum absolute atomic E-state index is 0. The lowest BCUT2D eigenvalue weighted by Crippen LogP contribution is -1.97. The van der Waals surface area contributed by atoms with E-state index in [0.717, 1.165) is 24.2 Å². The molecule has 1 N–H and O–H groups in total. The van der Waals surface area contributed by atoms with E-state index in [1.165, 1.54) is 44.3 Å². The van der Waals surface area contributed by atoms with Crippen LogP contribution in [0, 0.1) is 20.8 Å². The Labute approximate surface area is 202 Å². The van der Waals surface area contributed by atoms with Gasteiger partial charge < -0.3 is 4.98 Å². The fourth-order valence-electron chi connectivity index (χ4n) is 4.39. The molecule has 0 aliphatic heterocycles. The number of hydrogen-bond donors (Lipinski definition) is 1. The topological polar surface area (TPSA) is 28.7 Å². The Bertz CT molecular complexity index is 1230. The number of aromatic amines is 1. The molecule has 0 radical (unpaired) electrons. The zero-order valence-corrected chi connectivity index (χ0v) is 21.3. The van der Waals surface area contributed by atoms with Crippen molar-refractivity contribution in [2.24, 2.45) is 0 Å². The minimum Gasteiger partial charge on any atom is -0.361 e. The fourth-order valence-corrected chi connectivity index (χ4v) is 4.39. The maximum atomic E-state index is 4.44. The quantitative estimate of drug-likeness (QED) is 0.328. The van der Waals surface area contributed by atoms with Crippen molar-refractivity contribution in [3.05, 3.63) is 106 Å². The van der Waals surface area contributed by atoms with E-state index in [-0.39, 0.29) is 2.85 Å². The Morgan fingerprint density at radius 3 is 2.33 bits per heavy atom. The normalized spacial score (nSPS) is 11.3. The summed E-state index contributed by atoms with van der Waals surface area (Å²) in [7, 11) is 0. The lowest BCUT2D eigenvalue weighted by Gasteiger charge is -2.10. The summed E-state index contributed by atoms with van der Waals surface area (Å²) in [6, 6.07) is 17.6. The molecular weight excluding hydrogens is 400 g/mol. The highest BCUT2D eigenvalue weighted by atomic mass is 14.7. The molecule has 2 heterocycles. The van der Waals surface area contributed by atoms with E-state index in [1.807, 2.05) is 0 Å². The third-order valence-corrected chi connectivity index (χ3v) is 6.12. The molecule has 0 unspecified atom stereocenters. The summed E-state index contributed by atoms with van der Waals surface area (Å²) in [6.07, 6.45) is 8.49. The summed E-state index contributed by atoms with van der Waals surface area (Å²) >= 11 is 0. The predicted molar refractivity (Wildman–Crippen MR) is 148 cm³/mol. The van der Waals surface area contributed by atoms with Gasteiger partial charge in [0.2, 0.25) is 0 Å². The van der Waals surface area contributed by atoms with E-state index < -0.39 is 0 Å². The van der Waals surface area contributed by atoms with Crippen LogP contribution in [0.4, 0.5) is 0 Å². The van der Waals surface area contributed by atoms with Gasteiger partial charge in [0.25, 0.3) is 0 Å². The molecule has 2 aromatic heterocycles. The number of aryl methyl sites for hydroxylation is 4. The molecule has 4 rings (SSSR count). The summed E-state index contributed by atoms with van der Waals surface area (Å²) in [5.74, 6) is 0.610. The highest BCUT2D eigenvalue weighted by Gasteiger charge is 2.06. The average Bonchev–Trinajstić information content (AvgIpc) is 3.18. The van der Waals surface area contributed by atoms with Crippen LogP contribution in [0.5, 0.6) is 0 Å². The first-order valence-electron chi connectivity index (χ1n) is 12.1. The summed E-state index contributed by atoms with van der Waals surface area (Å²) in [5.41, 5.74) is 11.7. The first-order chi connectivity index (χ1) is 15.8. The summed E-state index contributed by atoms with van der Waals surface area (Å²) in [4.78, 5) is 7.74. The molecule has 0 aliphatic carbocycles. The van der Waals surface area contributed by atoms with E-state index in [4.69, 9.17) is 0 Å². The highest BCUT2D eigenvalue weighted by Crippen LogP contribution is 2.24. The van der Waals surface area contributed by atoms with Crippen molar-refractivity contribution >= 4 is 17.0 Å². The Balaban J connectivity index is 0.000000344. The van der Waals surface area contributed by atoms with Crippen LogP contribution in [0.2, 0.25) is 0 Å². The van der Waals surface area contributed by atoms with Crippen molar-refractivity contribution in [2.45, 2.75) is 67.2 Å². The van der Waals surface area contributed by atoms with Gasteiger partial charge in [-0.3, -0.25) is 4.98 Å². The monoisotopic (exact) mass is 442 g/mol. The van der Waals surface area contributed by atoms with Crippen LogP contribution in [-0.2, 0) is 12.8 Å². The van der Waals surface area contributed by atoms with Gasteiger partial charge in [-0.05, 0) is 104 Å². The van der Waals surface area contributed by atoms with Crippen molar-refractivity contribution in [3.8, 4) is 0 Å². The molecule has 176 valence electrons. The van der Waals surface area contributed by atoms with Gasteiger partial charge in [-0.2, -0.15) is 0 Å². The van der Waals surface area contributed by atoms with Crippen LogP contribution in [-0.4, -0.2) is 9.97 Å². The maximum absolute atomic E-state index is 4.44. The first-order valence-corrected chi connectivity index (χ1v) is 12.1. The Morgan fingerprint density at radius 2 is 1.70 bits per heavy atom. The van der Waals surface area contributed by atoms with Crippen LogP contribution >= 0.6 is 0 Å². The molecule has 2 heteroatoms. The van der Waals surface area contributed by atoms with Crippen molar-refractivity contribution in [2.75, 3.05) is 0 Å². The molecule has 0 amide bonds. The van der Waals surface area contributed by atoms with Crippen molar-refractivity contribution in [1.29, 1.82) is 0 Å². The summed E-state index contributed by atoms with van der Waals surface area (Å²) in [5, 5.41) is 1.39. The molecule has 0 atom stereocenters. The average molecular weight is 443 g/mol. The number of hydrogen-bond acceptors (Lipinski definition) is 1. The van der Waals surface area contributed by atoms with Gasteiger partial charge in [0, 0.05) is 31.3 Å². The number of pyridine rings is 1. The zero-order chi connectivity index (χ0) is 24.0. The highest BCUT2D eigenvalue weighted by molar-refractivity contribution is 5.84. The zero-order valence-electron chi connectivity index (χ0n) is 21.3. The van der Waals surface area contributed by atoms with E-state index >= 15 is 0 Å². The van der Waals surface area contributed by atoms with E-state index in [0.29, 0.717) is 5.92 Å². The molecule has 0 spiro atoms. The number of nitrogens with zero attached hydrogens (tertiary/aromatic N) is 1. The SMILES string of the molecule is C/C=C\c1c(C)cccc1Cc1cc(C)nc(C)c1.CCc1c[nH]c2ccc(C(C)C)cc12.[HH].[HH]. The Morgan fingerprint density at radius 1 is 0.970 bits per heavy atom. The third kappa shape index (κ3) is 6.22. The second-order valence-corrected chi connectivity index (χ2v) is 9.21.